The van der Waals surface area contributed by atoms with Crippen molar-refractivity contribution in [2.24, 2.45) is 0 Å². The molecule has 4 nitrogen and oxygen atoms in total. The molecule has 150 valence electrons. The first-order valence-corrected chi connectivity index (χ1v) is 10.9. The number of amides is 1. The van der Waals surface area contributed by atoms with E-state index in [-0.39, 0.29) is 17.6 Å². The molecule has 1 aliphatic heterocycles. The van der Waals surface area contributed by atoms with Gasteiger partial charge < -0.3 is 14.8 Å². The molecule has 0 aliphatic carbocycles. The lowest BCUT2D eigenvalue weighted by molar-refractivity contribution is -0.119. The molecule has 2 aromatic rings. The molecular formula is C21H23Cl2NO3S. The van der Waals surface area contributed by atoms with Crippen LogP contribution in [0.4, 0.5) is 0 Å². The van der Waals surface area contributed by atoms with Gasteiger partial charge in [0.2, 0.25) is 5.91 Å². The van der Waals surface area contributed by atoms with Crippen LogP contribution in [0, 0.1) is 0 Å². The van der Waals surface area contributed by atoms with E-state index in [0.717, 1.165) is 22.6 Å². The lowest BCUT2D eigenvalue weighted by Crippen LogP contribution is -2.41. The molecule has 0 fully saturated rings. The highest BCUT2D eigenvalue weighted by Gasteiger charge is 2.34. The average molecular weight is 440 g/mol. The van der Waals surface area contributed by atoms with Gasteiger partial charge in [0.05, 0.1) is 18.9 Å². The van der Waals surface area contributed by atoms with E-state index in [1.54, 1.807) is 19.2 Å². The summed E-state index contributed by atoms with van der Waals surface area (Å²) in [7, 11) is 1.62. The SMILES string of the molecule is COc1ccc2c(c1)OC(C)(C)C[C@H]2NC(=O)CSCc1c(Cl)cccc1Cl. The molecule has 0 aromatic heterocycles. The second-order valence-corrected chi connectivity index (χ2v) is 9.08. The third kappa shape index (κ3) is 5.07. The predicted molar refractivity (Wildman–Crippen MR) is 116 cm³/mol. The minimum atomic E-state index is -0.379. The highest BCUT2D eigenvalue weighted by Crippen LogP contribution is 2.41. The Bertz CT molecular complexity index is 852. The van der Waals surface area contributed by atoms with Crippen molar-refractivity contribution in [2.45, 2.75) is 37.7 Å². The van der Waals surface area contributed by atoms with E-state index < -0.39 is 0 Å². The summed E-state index contributed by atoms with van der Waals surface area (Å²) in [5.74, 6) is 2.35. The number of ether oxygens (including phenoxy) is 2. The highest BCUT2D eigenvalue weighted by atomic mass is 35.5. The van der Waals surface area contributed by atoms with Crippen molar-refractivity contribution in [3.63, 3.8) is 0 Å². The topological polar surface area (TPSA) is 47.6 Å². The van der Waals surface area contributed by atoms with E-state index in [9.17, 15) is 4.79 Å². The first kappa shape index (κ1) is 21.2. The summed E-state index contributed by atoms with van der Waals surface area (Å²) in [4.78, 5) is 12.6. The number of methoxy groups -OCH3 is 1. The molecular weight excluding hydrogens is 417 g/mol. The first-order chi connectivity index (χ1) is 13.3. The Morgan fingerprint density at radius 3 is 2.68 bits per heavy atom. The summed E-state index contributed by atoms with van der Waals surface area (Å²) in [5, 5.41) is 4.38. The molecule has 1 atom stereocenters. The minimum absolute atomic E-state index is 0.0300. The van der Waals surface area contributed by atoms with Gasteiger partial charge in [0.1, 0.15) is 17.1 Å². The van der Waals surface area contributed by atoms with Gasteiger partial charge in [-0.05, 0) is 43.7 Å². The van der Waals surface area contributed by atoms with Crippen molar-refractivity contribution in [1.29, 1.82) is 0 Å². The molecule has 1 amide bonds. The van der Waals surface area contributed by atoms with Crippen LogP contribution >= 0.6 is 35.0 Å². The van der Waals surface area contributed by atoms with Gasteiger partial charge in [-0.15, -0.1) is 11.8 Å². The van der Waals surface area contributed by atoms with Gasteiger partial charge in [-0.25, -0.2) is 0 Å². The van der Waals surface area contributed by atoms with Crippen molar-refractivity contribution in [2.75, 3.05) is 12.9 Å². The zero-order valence-corrected chi connectivity index (χ0v) is 18.4. The monoisotopic (exact) mass is 439 g/mol. The number of carbonyl (C=O) groups excluding carboxylic acids is 1. The van der Waals surface area contributed by atoms with Crippen molar-refractivity contribution in [3.05, 3.63) is 57.6 Å². The number of fused-ring (bicyclic) bond motifs is 1. The zero-order valence-electron chi connectivity index (χ0n) is 16.1. The Hall–Kier alpha value is -1.56. The molecule has 0 bridgehead atoms. The van der Waals surface area contributed by atoms with Crippen molar-refractivity contribution in [3.8, 4) is 11.5 Å². The van der Waals surface area contributed by atoms with E-state index in [4.69, 9.17) is 32.7 Å². The molecule has 1 aliphatic rings. The molecule has 2 aromatic carbocycles. The third-order valence-electron chi connectivity index (χ3n) is 4.55. The van der Waals surface area contributed by atoms with Crippen LogP contribution < -0.4 is 14.8 Å². The van der Waals surface area contributed by atoms with Gasteiger partial charge >= 0.3 is 0 Å². The zero-order chi connectivity index (χ0) is 20.3. The number of nitrogens with one attached hydrogen (secondary N) is 1. The summed E-state index contributed by atoms with van der Waals surface area (Å²) in [5.41, 5.74) is 1.44. The number of halogens is 2. The second-order valence-electron chi connectivity index (χ2n) is 7.28. The van der Waals surface area contributed by atoms with E-state index in [1.165, 1.54) is 11.8 Å². The number of hydrogen-bond acceptors (Lipinski definition) is 4. The summed E-state index contributed by atoms with van der Waals surface area (Å²) < 4.78 is 11.4. The lowest BCUT2D eigenvalue weighted by atomic mass is 9.89. The summed E-state index contributed by atoms with van der Waals surface area (Å²) in [6.45, 7) is 4.03. The summed E-state index contributed by atoms with van der Waals surface area (Å²) in [6, 6.07) is 11.0. The Labute approximate surface area is 179 Å². The van der Waals surface area contributed by atoms with E-state index in [1.807, 2.05) is 38.1 Å². The molecule has 3 rings (SSSR count). The number of rotatable bonds is 6. The quantitative estimate of drug-likeness (QED) is 0.630. The van der Waals surface area contributed by atoms with Crippen LogP contribution in [-0.2, 0) is 10.5 Å². The van der Waals surface area contributed by atoms with Crippen LogP contribution in [0.5, 0.6) is 11.5 Å². The Balaban J connectivity index is 1.64. The molecule has 1 N–H and O–H groups in total. The first-order valence-electron chi connectivity index (χ1n) is 8.96. The van der Waals surface area contributed by atoms with Crippen LogP contribution in [0.3, 0.4) is 0 Å². The van der Waals surface area contributed by atoms with E-state index in [2.05, 4.69) is 5.32 Å². The maximum atomic E-state index is 12.6. The van der Waals surface area contributed by atoms with Gasteiger partial charge in [0, 0.05) is 33.8 Å². The fourth-order valence-corrected chi connectivity index (χ4v) is 4.82. The molecule has 0 saturated carbocycles. The molecule has 1 heterocycles. The predicted octanol–water partition coefficient (Wildman–Crippen LogP) is 5.65. The van der Waals surface area contributed by atoms with E-state index in [0.29, 0.717) is 28.0 Å². The smallest absolute Gasteiger partial charge is 0.230 e. The molecule has 0 spiro atoms. The molecule has 0 radical (unpaired) electrons. The fraction of sp³-hybridized carbons (Fsp3) is 0.381. The van der Waals surface area contributed by atoms with Gasteiger partial charge in [-0.1, -0.05) is 29.3 Å². The van der Waals surface area contributed by atoms with Gasteiger partial charge in [0.25, 0.3) is 0 Å². The maximum Gasteiger partial charge on any atom is 0.230 e. The second kappa shape index (κ2) is 8.85. The number of thioether (sulfide) groups is 1. The minimum Gasteiger partial charge on any atom is -0.497 e. The third-order valence-corrected chi connectivity index (χ3v) is 6.22. The van der Waals surface area contributed by atoms with Crippen LogP contribution in [0.15, 0.2) is 36.4 Å². The standard InChI is InChI=1S/C21H23Cl2NO3S/c1-21(2)10-18(14-8-7-13(26-3)9-19(14)27-21)24-20(25)12-28-11-15-16(22)5-4-6-17(15)23/h4-9,18H,10-12H2,1-3H3,(H,24,25)/t18-/m1/s1. The highest BCUT2D eigenvalue weighted by molar-refractivity contribution is 7.99. The number of hydrogen-bond donors (Lipinski definition) is 1. The maximum absolute atomic E-state index is 12.6. The number of carbonyl (C=O) groups is 1. The fourth-order valence-electron chi connectivity index (χ4n) is 3.24. The van der Waals surface area contributed by atoms with Crippen molar-refractivity contribution >= 4 is 40.9 Å². The van der Waals surface area contributed by atoms with Crippen LogP contribution in [-0.4, -0.2) is 24.4 Å². The molecule has 0 unspecified atom stereocenters. The molecule has 7 heteroatoms. The Kier molecular flexibility index (Phi) is 6.69. The van der Waals surface area contributed by atoms with Gasteiger partial charge in [0.15, 0.2) is 0 Å². The summed E-state index contributed by atoms with van der Waals surface area (Å²) in [6.07, 6.45) is 0.694. The molecule has 28 heavy (non-hydrogen) atoms. The van der Waals surface area contributed by atoms with Crippen LogP contribution in [0.25, 0.3) is 0 Å². The lowest BCUT2D eigenvalue weighted by Gasteiger charge is -2.38. The van der Waals surface area contributed by atoms with Crippen LogP contribution in [0.2, 0.25) is 10.0 Å². The normalized spacial score (nSPS) is 17.4. The summed E-state index contributed by atoms with van der Waals surface area (Å²) >= 11 is 13.9. The Morgan fingerprint density at radius 2 is 2.00 bits per heavy atom. The average Bonchev–Trinajstić information content (AvgIpc) is 2.62. The molecule has 0 saturated heterocycles. The van der Waals surface area contributed by atoms with E-state index >= 15 is 0 Å². The van der Waals surface area contributed by atoms with Crippen molar-refractivity contribution in [1.82, 2.24) is 5.32 Å². The van der Waals surface area contributed by atoms with Crippen LogP contribution in [0.1, 0.15) is 37.4 Å². The van der Waals surface area contributed by atoms with Crippen molar-refractivity contribution < 1.29 is 14.3 Å². The van der Waals surface area contributed by atoms with Gasteiger partial charge in [-0.2, -0.15) is 0 Å². The van der Waals surface area contributed by atoms with Gasteiger partial charge in [-0.3, -0.25) is 4.79 Å². The largest absolute Gasteiger partial charge is 0.497 e. The number of benzene rings is 2. The Morgan fingerprint density at radius 1 is 1.29 bits per heavy atom.